The van der Waals surface area contributed by atoms with E-state index in [0.717, 1.165) is 11.2 Å². The molecule has 1 saturated carbocycles. The predicted octanol–water partition coefficient (Wildman–Crippen LogP) is 2.06. The van der Waals surface area contributed by atoms with Crippen molar-refractivity contribution >= 4 is 12.0 Å². The van der Waals surface area contributed by atoms with E-state index in [1.807, 2.05) is 6.92 Å². The number of aromatic nitrogens is 2. The molecule has 1 aliphatic rings. The van der Waals surface area contributed by atoms with Crippen molar-refractivity contribution in [3.8, 4) is 0 Å². The van der Waals surface area contributed by atoms with Crippen LogP contribution in [-0.4, -0.2) is 44.9 Å². The highest BCUT2D eigenvalue weighted by molar-refractivity contribution is 5.86. The Balaban J connectivity index is 2.04. The first kappa shape index (κ1) is 13.6. The van der Waals surface area contributed by atoms with Crippen LogP contribution in [0.3, 0.4) is 0 Å². The van der Waals surface area contributed by atoms with E-state index < -0.39 is 5.97 Å². The van der Waals surface area contributed by atoms with E-state index in [2.05, 4.69) is 5.10 Å². The zero-order valence-corrected chi connectivity index (χ0v) is 11.1. The molecule has 6 nitrogen and oxygen atoms in total. The highest BCUT2D eigenvalue weighted by atomic mass is 16.4. The molecule has 1 aromatic heterocycles. The molecule has 1 N–H and O–H groups in total. The summed E-state index contributed by atoms with van der Waals surface area (Å²) in [5.74, 6) is -0.552. The van der Waals surface area contributed by atoms with Crippen molar-refractivity contribution in [1.29, 1.82) is 0 Å². The molecule has 2 rings (SSSR count). The Kier molecular flexibility index (Phi) is 4.19. The van der Waals surface area contributed by atoms with Crippen LogP contribution < -0.4 is 0 Å². The Labute approximate surface area is 112 Å². The maximum absolute atomic E-state index is 12.2. The number of carboxylic acid groups (broad SMARTS) is 1. The summed E-state index contributed by atoms with van der Waals surface area (Å²) in [6, 6.07) is 1.09. The standard InChI is InChI=1S/C13H19N3O3/c1-2-15(9-10-5-3-4-6-10)13(19)16-8-7-11(14-16)12(17)18/h7-8,10H,2-6,9H2,1H3,(H,17,18). The maximum Gasteiger partial charge on any atom is 0.356 e. The van der Waals surface area contributed by atoms with Crippen molar-refractivity contribution in [3.63, 3.8) is 0 Å². The largest absolute Gasteiger partial charge is 0.476 e. The molecule has 19 heavy (non-hydrogen) atoms. The summed E-state index contributed by atoms with van der Waals surface area (Å²) in [7, 11) is 0. The first-order chi connectivity index (χ1) is 9.11. The first-order valence-electron chi connectivity index (χ1n) is 6.70. The van der Waals surface area contributed by atoms with Gasteiger partial charge in [0.25, 0.3) is 0 Å². The third-order valence-electron chi connectivity index (χ3n) is 3.61. The molecule has 0 saturated heterocycles. The average molecular weight is 265 g/mol. The zero-order chi connectivity index (χ0) is 13.8. The molecule has 0 atom stereocenters. The second kappa shape index (κ2) is 5.86. The SMILES string of the molecule is CCN(CC1CCCC1)C(=O)n1ccc(C(=O)O)n1. The lowest BCUT2D eigenvalue weighted by atomic mass is 10.1. The van der Waals surface area contributed by atoms with E-state index in [0.29, 0.717) is 12.5 Å². The Morgan fingerprint density at radius 3 is 2.68 bits per heavy atom. The van der Waals surface area contributed by atoms with Gasteiger partial charge >= 0.3 is 12.0 Å². The quantitative estimate of drug-likeness (QED) is 0.904. The molecule has 0 aromatic carbocycles. The monoisotopic (exact) mass is 265 g/mol. The summed E-state index contributed by atoms with van der Waals surface area (Å²) >= 11 is 0. The summed E-state index contributed by atoms with van der Waals surface area (Å²) in [5, 5.41) is 12.6. The van der Waals surface area contributed by atoms with Crippen LogP contribution in [0.15, 0.2) is 12.3 Å². The summed E-state index contributed by atoms with van der Waals surface area (Å²) in [6.45, 7) is 3.27. The molecular weight excluding hydrogens is 246 g/mol. The summed E-state index contributed by atoms with van der Waals surface area (Å²) in [4.78, 5) is 24.7. The van der Waals surface area contributed by atoms with Gasteiger partial charge in [0.15, 0.2) is 5.69 Å². The molecule has 1 heterocycles. The minimum absolute atomic E-state index is 0.106. The van der Waals surface area contributed by atoms with E-state index in [1.165, 1.54) is 37.9 Å². The fourth-order valence-corrected chi connectivity index (χ4v) is 2.54. The van der Waals surface area contributed by atoms with Gasteiger partial charge in [0.05, 0.1) is 0 Å². The van der Waals surface area contributed by atoms with Gasteiger partial charge in [-0.1, -0.05) is 12.8 Å². The molecule has 0 unspecified atom stereocenters. The fraction of sp³-hybridized carbons (Fsp3) is 0.615. The number of aromatic carboxylic acids is 1. The lowest BCUT2D eigenvalue weighted by Gasteiger charge is -2.23. The van der Waals surface area contributed by atoms with Crippen molar-refractivity contribution < 1.29 is 14.7 Å². The summed E-state index contributed by atoms with van der Waals surface area (Å²) in [5.41, 5.74) is -0.106. The number of nitrogens with zero attached hydrogens (tertiary/aromatic N) is 3. The van der Waals surface area contributed by atoms with Crippen molar-refractivity contribution in [1.82, 2.24) is 14.7 Å². The van der Waals surface area contributed by atoms with Crippen molar-refractivity contribution in [2.45, 2.75) is 32.6 Å². The van der Waals surface area contributed by atoms with Crippen LogP contribution >= 0.6 is 0 Å². The molecule has 0 bridgehead atoms. The van der Waals surface area contributed by atoms with Crippen LogP contribution in [0.5, 0.6) is 0 Å². The second-order valence-corrected chi connectivity index (χ2v) is 4.92. The van der Waals surface area contributed by atoms with E-state index in [-0.39, 0.29) is 11.7 Å². The third-order valence-corrected chi connectivity index (χ3v) is 3.61. The fourth-order valence-electron chi connectivity index (χ4n) is 2.54. The highest BCUT2D eigenvalue weighted by Crippen LogP contribution is 2.25. The summed E-state index contributed by atoms with van der Waals surface area (Å²) < 4.78 is 1.11. The number of carbonyl (C=O) groups is 2. The number of carboxylic acids is 1. The number of rotatable bonds is 4. The van der Waals surface area contributed by atoms with Gasteiger partial charge in [0.2, 0.25) is 0 Å². The molecule has 0 aliphatic heterocycles. The number of hydrogen-bond donors (Lipinski definition) is 1. The van der Waals surface area contributed by atoms with Gasteiger partial charge in [0.1, 0.15) is 0 Å². The predicted molar refractivity (Wildman–Crippen MR) is 69.2 cm³/mol. The Morgan fingerprint density at radius 2 is 2.16 bits per heavy atom. The molecule has 0 spiro atoms. The molecule has 1 fully saturated rings. The van der Waals surface area contributed by atoms with Crippen LogP contribution in [0.25, 0.3) is 0 Å². The van der Waals surface area contributed by atoms with Crippen LogP contribution in [0, 0.1) is 5.92 Å². The summed E-state index contributed by atoms with van der Waals surface area (Å²) in [6.07, 6.45) is 6.22. The van der Waals surface area contributed by atoms with Crippen molar-refractivity contribution in [2.75, 3.05) is 13.1 Å². The molecule has 1 amide bonds. The van der Waals surface area contributed by atoms with Gasteiger partial charge in [-0.25, -0.2) is 9.59 Å². The topological polar surface area (TPSA) is 75.4 Å². The third kappa shape index (κ3) is 3.13. The Morgan fingerprint density at radius 1 is 1.47 bits per heavy atom. The van der Waals surface area contributed by atoms with Crippen molar-refractivity contribution in [2.24, 2.45) is 5.92 Å². The normalized spacial score (nSPS) is 15.6. The van der Waals surface area contributed by atoms with Gasteiger partial charge < -0.3 is 10.0 Å². The molecular formula is C13H19N3O3. The number of carbonyl (C=O) groups excluding carboxylic acids is 1. The highest BCUT2D eigenvalue weighted by Gasteiger charge is 2.22. The molecule has 0 radical (unpaired) electrons. The average Bonchev–Trinajstić information content (AvgIpc) is 3.06. The first-order valence-corrected chi connectivity index (χ1v) is 6.70. The van der Waals surface area contributed by atoms with Gasteiger partial charge in [-0.3, -0.25) is 0 Å². The molecule has 1 aliphatic carbocycles. The van der Waals surface area contributed by atoms with Gasteiger partial charge in [0, 0.05) is 19.3 Å². The van der Waals surface area contributed by atoms with Gasteiger partial charge in [-0.05, 0) is 31.7 Å². The lowest BCUT2D eigenvalue weighted by molar-refractivity contribution is 0.0690. The minimum Gasteiger partial charge on any atom is -0.476 e. The molecule has 6 heteroatoms. The Bertz CT molecular complexity index is 463. The van der Waals surface area contributed by atoms with E-state index in [1.54, 1.807) is 4.90 Å². The molecule has 104 valence electrons. The minimum atomic E-state index is -1.12. The number of hydrogen-bond acceptors (Lipinski definition) is 3. The van der Waals surface area contributed by atoms with Crippen LogP contribution in [0.1, 0.15) is 43.1 Å². The Hall–Kier alpha value is -1.85. The van der Waals surface area contributed by atoms with Crippen LogP contribution in [0.2, 0.25) is 0 Å². The van der Waals surface area contributed by atoms with Gasteiger partial charge in [-0.2, -0.15) is 9.78 Å². The lowest BCUT2D eigenvalue weighted by Crippen LogP contribution is -2.38. The van der Waals surface area contributed by atoms with E-state index in [4.69, 9.17) is 5.11 Å². The zero-order valence-electron chi connectivity index (χ0n) is 11.1. The van der Waals surface area contributed by atoms with Crippen LogP contribution in [-0.2, 0) is 0 Å². The maximum atomic E-state index is 12.2. The van der Waals surface area contributed by atoms with E-state index >= 15 is 0 Å². The smallest absolute Gasteiger partial charge is 0.356 e. The number of amides is 1. The van der Waals surface area contributed by atoms with Gasteiger partial charge in [-0.15, -0.1) is 0 Å². The van der Waals surface area contributed by atoms with Crippen molar-refractivity contribution in [3.05, 3.63) is 18.0 Å². The van der Waals surface area contributed by atoms with Crippen LogP contribution in [0.4, 0.5) is 4.79 Å². The second-order valence-electron chi connectivity index (χ2n) is 4.92. The molecule has 1 aromatic rings. The van der Waals surface area contributed by atoms with E-state index in [9.17, 15) is 9.59 Å².